The number of anilines is 1. The van der Waals surface area contributed by atoms with Crippen molar-refractivity contribution in [1.82, 2.24) is 9.97 Å². The molecule has 4 heteroatoms. The van der Waals surface area contributed by atoms with Crippen molar-refractivity contribution >= 4 is 5.82 Å². The number of benzene rings is 1. The Hall–Kier alpha value is -1.94. The summed E-state index contributed by atoms with van der Waals surface area (Å²) in [6.45, 7) is 6.56. The van der Waals surface area contributed by atoms with Crippen molar-refractivity contribution in [2.24, 2.45) is 0 Å². The van der Waals surface area contributed by atoms with Gasteiger partial charge in [-0.05, 0) is 32.3 Å². The molecular weight excluding hydrogens is 274 g/mol. The van der Waals surface area contributed by atoms with Crippen LogP contribution in [0, 0.1) is 13.8 Å². The maximum atomic E-state index is 5.93. The summed E-state index contributed by atoms with van der Waals surface area (Å²) in [6, 6.07) is 10.6. The van der Waals surface area contributed by atoms with Crippen molar-refractivity contribution in [3.05, 3.63) is 53.5 Å². The molecule has 0 amide bonds. The predicted molar refractivity (Wildman–Crippen MR) is 88.2 cm³/mol. The van der Waals surface area contributed by atoms with Crippen LogP contribution in [0.5, 0.6) is 0 Å². The van der Waals surface area contributed by atoms with E-state index >= 15 is 0 Å². The van der Waals surface area contributed by atoms with Crippen molar-refractivity contribution in [3.8, 4) is 0 Å². The third-order valence-electron chi connectivity index (χ3n) is 4.09. The highest BCUT2D eigenvalue weighted by molar-refractivity contribution is 5.43. The lowest BCUT2D eigenvalue weighted by molar-refractivity contribution is 0.0351. The predicted octanol–water partition coefficient (Wildman–Crippen LogP) is 2.93. The molecule has 1 aromatic carbocycles. The molecule has 0 spiro atoms. The van der Waals surface area contributed by atoms with Gasteiger partial charge in [-0.3, -0.25) is 4.98 Å². The van der Waals surface area contributed by atoms with Crippen LogP contribution in [0.2, 0.25) is 0 Å². The van der Waals surface area contributed by atoms with Gasteiger partial charge in [0, 0.05) is 19.3 Å². The van der Waals surface area contributed by atoms with Crippen molar-refractivity contribution in [3.63, 3.8) is 0 Å². The summed E-state index contributed by atoms with van der Waals surface area (Å²) in [5.41, 5.74) is 3.33. The largest absolute Gasteiger partial charge is 0.375 e. The lowest BCUT2D eigenvalue weighted by Crippen LogP contribution is -2.43. The van der Waals surface area contributed by atoms with Crippen LogP contribution < -0.4 is 4.90 Å². The number of aromatic nitrogens is 2. The fraction of sp³-hybridized carbons (Fsp3) is 0.444. The molecule has 0 N–H and O–H groups in total. The molecule has 1 saturated heterocycles. The van der Waals surface area contributed by atoms with Crippen LogP contribution >= 0.6 is 0 Å². The van der Waals surface area contributed by atoms with Gasteiger partial charge in [0.05, 0.1) is 24.1 Å². The normalized spacial score (nSPS) is 18.5. The Balaban J connectivity index is 1.63. The molecule has 1 aliphatic rings. The summed E-state index contributed by atoms with van der Waals surface area (Å²) in [4.78, 5) is 11.4. The summed E-state index contributed by atoms with van der Waals surface area (Å²) in [5, 5.41) is 0. The zero-order valence-corrected chi connectivity index (χ0v) is 13.3. The fourth-order valence-electron chi connectivity index (χ4n) is 2.88. The van der Waals surface area contributed by atoms with Crippen LogP contribution in [-0.4, -0.2) is 35.8 Å². The van der Waals surface area contributed by atoms with Gasteiger partial charge >= 0.3 is 0 Å². The summed E-state index contributed by atoms with van der Waals surface area (Å²) < 4.78 is 5.93. The zero-order chi connectivity index (χ0) is 15.4. The molecular formula is C18H23N3O. The van der Waals surface area contributed by atoms with Gasteiger partial charge in [-0.2, -0.15) is 0 Å². The second kappa shape index (κ2) is 6.88. The van der Waals surface area contributed by atoms with Crippen LogP contribution in [0.15, 0.2) is 36.5 Å². The summed E-state index contributed by atoms with van der Waals surface area (Å²) >= 11 is 0. The maximum Gasteiger partial charge on any atom is 0.150 e. The number of aryl methyl sites for hydroxylation is 3. The first-order valence-electron chi connectivity index (χ1n) is 7.93. The van der Waals surface area contributed by atoms with E-state index in [4.69, 9.17) is 4.74 Å². The fourth-order valence-corrected chi connectivity index (χ4v) is 2.88. The first-order valence-corrected chi connectivity index (χ1v) is 7.93. The van der Waals surface area contributed by atoms with Crippen molar-refractivity contribution in [1.29, 1.82) is 0 Å². The van der Waals surface area contributed by atoms with E-state index < -0.39 is 0 Å². The van der Waals surface area contributed by atoms with Gasteiger partial charge in [-0.15, -0.1) is 0 Å². The van der Waals surface area contributed by atoms with E-state index in [0.29, 0.717) is 0 Å². The van der Waals surface area contributed by atoms with Crippen LogP contribution in [-0.2, 0) is 11.2 Å². The molecule has 3 rings (SSSR count). The molecule has 1 fully saturated rings. The van der Waals surface area contributed by atoms with E-state index in [1.165, 1.54) is 5.56 Å². The van der Waals surface area contributed by atoms with Crippen LogP contribution in [0.1, 0.15) is 23.4 Å². The molecule has 2 heterocycles. The third-order valence-corrected chi connectivity index (χ3v) is 4.09. The SMILES string of the molecule is Cc1cnc(C)c(N2CCOC(CCc3ccccc3)C2)n1. The molecule has 1 unspecified atom stereocenters. The van der Waals surface area contributed by atoms with E-state index in [9.17, 15) is 0 Å². The molecule has 2 aromatic rings. The Bertz CT molecular complexity index is 615. The van der Waals surface area contributed by atoms with Crippen LogP contribution in [0.3, 0.4) is 0 Å². The number of hydrogen-bond donors (Lipinski definition) is 0. The second-order valence-corrected chi connectivity index (χ2v) is 5.88. The molecule has 22 heavy (non-hydrogen) atoms. The zero-order valence-electron chi connectivity index (χ0n) is 13.3. The summed E-state index contributed by atoms with van der Waals surface area (Å²) in [5.74, 6) is 1.01. The third kappa shape index (κ3) is 3.63. The van der Waals surface area contributed by atoms with E-state index in [1.54, 1.807) is 0 Å². The van der Waals surface area contributed by atoms with Crippen molar-refractivity contribution in [2.75, 3.05) is 24.6 Å². The van der Waals surface area contributed by atoms with Crippen LogP contribution in [0.4, 0.5) is 5.82 Å². The Morgan fingerprint density at radius 2 is 2.05 bits per heavy atom. The highest BCUT2D eigenvalue weighted by Crippen LogP contribution is 2.20. The molecule has 4 nitrogen and oxygen atoms in total. The van der Waals surface area contributed by atoms with Crippen molar-refractivity contribution in [2.45, 2.75) is 32.8 Å². The number of ether oxygens (including phenoxy) is 1. The number of rotatable bonds is 4. The van der Waals surface area contributed by atoms with Crippen molar-refractivity contribution < 1.29 is 4.74 Å². The lowest BCUT2D eigenvalue weighted by atomic mass is 10.1. The van der Waals surface area contributed by atoms with E-state index in [1.807, 2.05) is 20.0 Å². The van der Waals surface area contributed by atoms with E-state index in [2.05, 4.69) is 45.2 Å². The molecule has 1 aromatic heterocycles. The minimum atomic E-state index is 0.260. The van der Waals surface area contributed by atoms with Gasteiger partial charge in [-0.25, -0.2) is 4.98 Å². The van der Waals surface area contributed by atoms with E-state index in [0.717, 1.165) is 49.7 Å². The standard InChI is InChI=1S/C18H23N3O/c1-14-12-19-15(2)18(20-14)21-10-11-22-17(13-21)9-8-16-6-4-3-5-7-16/h3-7,12,17H,8-11,13H2,1-2H3. The molecule has 0 bridgehead atoms. The number of morpholine rings is 1. The molecule has 1 aliphatic heterocycles. The number of nitrogens with zero attached hydrogens (tertiary/aromatic N) is 3. The Morgan fingerprint density at radius 1 is 1.23 bits per heavy atom. The highest BCUT2D eigenvalue weighted by Gasteiger charge is 2.22. The maximum absolute atomic E-state index is 5.93. The smallest absolute Gasteiger partial charge is 0.150 e. The van der Waals surface area contributed by atoms with Gasteiger partial charge in [0.15, 0.2) is 5.82 Å². The van der Waals surface area contributed by atoms with Gasteiger partial charge in [-0.1, -0.05) is 30.3 Å². The Labute approximate surface area is 132 Å². The molecule has 1 atom stereocenters. The quantitative estimate of drug-likeness (QED) is 0.869. The van der Waals surface area contributed by atoms with Gasteiger partial charge < -0.3 is 9.64 Å². The summed E-state index contributed by atoms with van der Waals surface area (Å²) in [6.07, 6.45) is 4.18. The molecule has 0 saturated carbocycles. The monoisotopic (exact) mass is 297 g/mol. The first kappa shape index (κ1) is 15.0. The van der Waals surface area contributed by atoms with E-state index in [-0.39, 0.29) is 6.10 Å². The summed E-state index contributed by atoms with van der Waals surface area (Å²) in [7, 11) is 0. The lowest BCUT2D eigenvalue weighted by Gasteiger charge is -2.34. The second-order valence-electron chi connectivity index (χ2n) is 5.88. The molecule has 0 radical (unpaired) electrons. The first-order chi connectivity index (χ1) is 10.7. The Morgan fingerprint density at radius 3 is 2.86 bits per heavy atom. The minimum absolute atomic E-state index is 0.260. The van der Waals surface area contributed by atoms with Crippen LogP contribution in [0.25, 0.3) is 0 Å². The Kier molecular flexibility index (Phi) is 4.68. The number of hydrogen-bond acceptors (Lipinski definition) is 4. The average Bonchev–Trinajstić information content (AvgIpc) is 2.56. The molecule has 0 aliphatic carbocycles. The van der Waals surface area contributed by atoms with Gasteiger partial charge in [0.2, 0.25) is 0 Å². The average molecular weight is 297 g/mol. The minimum Gasteiger partial charge on any atom is -0.375 e. The topological polar surface area (TPSA) is 38.2 Å². The molecule has 116 valence electrons. The van der Waals surface area contributed by atoms with Gasteiger partial charge in [0.1, 0.15) is 0 Å². The highest BCUT2D eigenvalue weighted by atomic mass is 16.5. The van der Waals surface area contributed by atoms with Gasteiger partial charge in [0.25, 0.3) is 0 Å².